The first kappa shape index (κ1) is 11.0. The summed E-state index contributed by atoms with van der Waals surface area (Å²) >= 11 is 0. The molecular formula is C10H17NO3. The molecule has 1 fully saturated rings. The Kier molecular flexibility index (Phi) is 3.95. The van der Waals surface area contributed by atoms with Crippen LogP contribution in [-0.4, -0.2) is 40.2 Å². The number of carbonyl (C=O) groups excluding carboxylic acids is 1. The molecule has 4 heteroatoms. The van der Waals surface area contributed by atoms with E-state index in [0.29, 0.717) is 6.54 Å². The Morgan fingerprint density at radius 3 is 2.86 bits per heavy atom. The van der Waals surface area contributed by atoms with Crippen LogP contribution < -0.4 is 0 Å². The number of likely N-dealkylation sites (tertiary alicyclic amines) is 1. The van der Waals surface area contributed by atoms with E-state index in [1.807, 2.05) is 0 Å². The molecule has 1 amide bonds. The molecule has 1 saturated heterocycles. The van der Waals surface area contributed by atoms with E-state index in [9.17, 15) is 4.79 Å². The molecule has 80 valence electrons. The Hall–Kier alpha value is -1.03. The van der Waals surface area contributed by atoms with E-state index >= 15 is 0 Å². The monoisotopic (exact) mass is 199 g/mol. The van der Waals surface area contributed by atoms with Crippen molar-refractivity contribution in [1.29, 1.82) is 0 Å². The summed E-state index contributed by atoms with van der Waals surface area (Å²) in [5, 5.41) is 18.0. The number of rotatable bonds is 2. The van der Waals surface area contributed by atoms with Crippen molar-refractivity contribution in [3.63, 3.8) is 0 Å². The number of amides is 1. The Morgan fingerprint density at radius 1 is 1.57 bits per heavy atom. The number of nitrogens with zero attached hydrogens (tertiary/aromatic N) is 1. The van der Waals surface area contributed by atoms with Crippen molar-refractivity contribution in [2.75, 3.05) is 13.2 Å². The van der Waals surface area contributed by atoms with Crippen molar-refractivity contribution >= 4 is 5.91 Å². The first-order chi connectivity index (χ1) is 6.65. The molecule has 1 unspecified atom stereocenters. The minimum Gasteiger partial charge on any atom is -0.512 e. The van der Waals surface area contributed by atoms with Gasteiger partial charge in [-0.1, -0.05) is 0 Å². The summed E-state index contributed by atoms with van der Waals surface area (Å²) in [4.78, 5) is 13.2. The van der Waals surface area contributed by atoms with Gasteiger partial charge in [0.15, 0.2) is 0 Å². The maximum Gasteiger partial charge on any atom is 0.250 e. The summed E-state index contributed by atoms with van der Waals surface area (Å²) in [5.41, 5.74) is 0. The molecule has 0 radical (unpaired) electrons. The molecule has 0 aromatic carbocycles. The highest BCUT2D eigenvalue weighted by atomic mass is 16.3. The Morgan fingerprint density at radius 2 is 2.29 bits per heavy atom. The molecule has 0 bridgehead atoms. The quantitative estimate of drug-likeness (QED) is 0.511. The van der Waals surface area contributed by atoms with Crippen LogP contribution in [0.4, 0.5) is 0 Å². The largest absolute Gasteiger partial charge is 0.512 e. The molecule has 1 atom stereocenters. The lowest BCUT2D eigenvalue weighted by atomic mass is 10.0. The van der Waals surface area contributed by atoms with Crippen LogP contribution in [0, 0.1) is 0 Å². The fourth-order valence-electron chi connectivity index (χ4n) is 1.74. The van der Waals surface area contributed by atoms with Crippen molar-refractivity contribution in [3.8, 4) is 0 Å². The molecule has 0 aliphatic carbocycles. The van der Waals surface area contributed by atoms with Gasteiger partial charge in [0.05, 0.1) is 18.4 Å². The van der Waals surface area contributed by atoms with E-state index in [4.69, 9.17) is 10.2 Å². The normalized spacial score (nSPS) is 23.7. The van der Waals surface area contributed by atoms with Crippen molar-refractivity contribution in [2.45, 2.75) is 32.2 Å². The SMILES string of the molecule is CC(O)=CC(=O)N1CCCCC1CO. The van der Waals surface area contributed by atoms with Crippen LogP contribution in [0.1, 0.15) is 26.2 Å². The predicted molar refractivity (Wildman–Crippen MR) is 52.8 cm³/mol. The highest BCUT2D eigenvalue weighted by Crippen LogP contribution is 2.17. The molecule has 1 aliphatic rings. The first-order valence-electron chi connectivity index (χ1n) is 4.94. The van der Waals surface area contributed by atoms with E-state index in [0.717, 1.165) is 19.3 Å². The van der Waals surface area contributed by atoms with E-state index < -0.39 is 0 Å². The molecule has 0 spiro atoms. The average molecular weight is 199 g/mol. The van der Waals surface area contributed by atoms with Gasteiger partial charge in [0.1, 0.15) is 0 Å². The molecule has 2 N–H and O–H groups in total. The first-order valence-corrected chi connectivity index (χ1v) is 4.94. The van der Waals surface area contributed by atoms with Gasteiger partial charge in [0, 0.05) is 12.6 Å². The van der Waals surface area contributed by atoms with Crippen molar-refractivity contribution in [1.82, 2.24) is 4.90 Å². The van der Waals surface area contributed by atoms with Gasteiger partial charge in [-0.05, 0) is 26.2 Å². The van der Waals surface area contributed by atoms with Gasteiger partial charge in [-0.25, -0.2) is 0 Å². The average Bonchev–Trinajstić information content (AvgIpc) is 2.16. The van der Waals surface area contributed by atoms with Gasteiger partial charge in [-0.3, -0.25) is 4.79 Å². The van der Waals surface area contributed by atoms with Gasteiger partial charge < -0.3 is 15.1 Å². The standard InChI is InChI=1S/C10H17NO3/c1-8(13)6-10(14)11-5-3-2-4-9(11)7-12/h6,9,12-13H,2-5,7H2,1H3. The molecule has 0 saturated carbocycles. The molecule has 4 nitrogen and oxygen atoms in total. The van der Waals surface area contributed by atoms with E-state index in [1.54, 1.807) is 4.90 Å². The van der Waals surface area contributed by atoms with Gasteiger partial charge in [0.2, 0.25) is 5.91 Å². The second kappa shape index (κ2) is 5.00. The van der Waals surface area contributed by atoms with Crippen LogP contribution in [0.15, 0.2) is 11.8 Å². The smallest absolute Gasteiger partial charge is 0.250 e. The second-order valence-electron chi connectivity index (χ2n) is 3.65. The van der Waals surface area contributed by atoms with Crippen LogP contribution in [0.25, 0.3) is 0 Å². The number of piperidine rings is 1. The summed E-state index contributed by atoms with van der Waals surface area (Å²) in [6.45, 7) is 2.15. The zero-order valence-electron chi connectivity index (χ0n) is 8.44. The van der Waals surface area contributed by atoms with Crippen molar-refractivity contribution < 1.29 is 15.0 Å². The zero-order valence-corrected chi connectivity index (χ0v) is 8.44. The lowest BCUT2D eigenvalue weighted by Gasteiger charge is -2.33. The molecule has 0 aromatic rings. The molecule has 1 heterocycles. The number of carbonyl (C=O) groups is 1. The fourth-order valence-corrected chi connectivity index (χ4v) is 1.74. The molecular weight excluding hydrogens is 182 g/mol. The number of hydrogen-bond acceptors (Lipinski definition) is 3. The van der Waals surface area contributed by atoms with E-state index in [1.165, 1.54) is 13.0 Å². The van der Waals surface area contributed by atoms with E-state index in [-0.39, 0.29) is 24.3 Å². The molecule has 0 aromatic heterocycles. The summed E-state index contributed by atoms with van der Waals surface area (Å²) in [7, 11) is 0. The number of allylic oxidation sites excluding steroid dienone is 1. The van der Waals surface area contributed by atoms with Gasteiger partial charge in [-0.2, -0.15) is 0 Å². The van der Waals surface area contributed by atoms with Crippen molar-refractivity contribution in [2.24, 2.45) is 0 Å². The van der Waals surface area contributed by atoms with Gasteiger partial charge in [0.25, 0.3) is 0 Å². The van der Waals surface area contributed by atoms with Gasteiger partial charge >= 0.3 is 0 Å². The summed E-state index contributed by atoms with van der Waals surface area (Å²) in [6, 6.07) is -0.0770. The maximum atomic E-state index is 11.6. The summed E-state index contributed by atoms with van der Waals surface area (Å²) in [5.74, 6) is -0.194. The van der Waals surface area contributed by atoms with E-state index in [2.05, 4.69) is 0 Å². The number of hydrogen-bond donors (Lipinski definition) is 2. The minimum atomic E-state index is -0.205. The molecule has 1 rings (SSSR count). The lowest BCUT2D eigenvalue weighted by Crippen LogP contribution is -2.45. The van der Waals surface area contributed by atoms with Crippen LogP contribution >= 0.6 is 0 Å². The Labute approximate surface area is 83.8 Å². The molecule has 14 heavy (non-hydrogen) atoms. The summed E-state index contributed by atoms with van der Waals surface area (Å²) < 4.78 is 0. The Balaban J connectivity index is 2.63. The summed E-state index contributed by atoms with van der Waals surface area (Å²) in [6.07, 6.45) is 4.08. The Bertz CT molecular complexity index is 234. The predicted octanol–water partition coefficient (Wildman–Crippen LogP) is 0.822. The van der Waals surface area contributed by atoms with Crippen LogP contribution in [0.5, 0.6) is 0 Å². The number of aliphatic hydroxyl groups is 2. The third kappa shape index (κ3) is 2.73. The second-order valence-corrected chi connectivity index (χ2v) is 3.65. The zero-order chi connectivity index (χ0) is 10.6. The lowest BCUT2D eigenvalue weighted by molar-refractivity contribution is -0.130. The number of aliphatic hydroxyl groups excluding tert-OH is 2. The van der Waals surface area contributed by atoms with Crippen LogP contribution in [-0.2, 0) is 4.79 Å². The highest BCUT2D eigenvalue weighted by molar-refractivity contribution is 5.88. The maximum absolute atomic E-state index is 11.6. The minimum absolute atomic E-state index is 0.00402. The van der Waals surface area contributed by atoms with Crippen LogP contribution in [0.3, 0.4) is 0 Å². The van der Waals surface area contributed by atoms with Gasteiger partial charge in [-0.15, -0.1) is 0 Å². The molecule has 1 aliphatic heterocycles. The fraction of sp³-hybridized carbons (Fsp3) is 0.700. The topological polar surface area (TPSA) is 60.8 Å². The van der Waals surface area contributed by atoms with Crippen molar-refractivity contribution in [3.05, 3.63) is 11.8 Å². The highest BCUT2D eigenvalue weighted by Gasteiger charge is 2.24. The third-order valence-electron chi connectivity index (χ3n) is 2.45. The third-order valence-corrected chi connectivity index (χ3v) is 2.45. The van der Waals surface area contributed by atoms with Crippen LogP contribution in [0.2, 0.25) is 0 Å².